The molecule has 1 aliphatic rings. The van der Waals surface area contributed by atoms with Gasteiger partial charge in [-0.25, -0.2) is 4.98 Å². The van der Waals surface area contributed by atoms with Gasteiger partial charge in [-0.2, -0.15) is 0 Å². The van der Waals surface area contributed by atoms with Crippen LogP contribution in [0.25, 0.3) is 12.2 Å². The highest BCUT2D eigenvalue weighted by molar-refractivity contribution is 9.10. The van der Waals surface area contributed by atoms with Gasteiger partial charge in [0.05, 0.1) is 5.69 Å². The average Bonchev–Trinajstić information content (AvgIpc) is 2.96. The quantitative estimate of drug-likeness (QED) is 0.469. The fourth-order valence-electron chi connectivity index (χ4n) is 3.68. The van der Waals surface area contributed by atoms with Crippen molar-refractivity contribution in [2.24, 2.45) is 0 Å². The molecule has 0 saturated carbocycles. The van der Waals surface area contributed by atoms with Crippen molar-refractivity contribution in [2.45, 2.75) is 26.3 Å². The second-order valence-electron chi connectivity index (χ2n) is 6.86. The summed E-state index contributed by atoms with van der Waals surface area (Å²) in [4.78, 5) is 6.95. The molecule has 2 nitrogen and oxygen atoms in total. The average molecular weight is 405 g/mol. The van der Waals surface area contributed by atoms with Crippen molar-refractivity contribution in [1.82, 2.24) is 4.98 Å². The second kappa shape index (κ2) is 7.08. The smallest absolute Gasteiger partial charge is 0.133 e. The van der Waals surface area contributed by atoms with Gasteiger partial charge in [0.2, 0.25) is 0 Å². The summed E-state index contributed by atoms with van der Waals surface area (Å²) in [6.07, 6.45) is 7.29. The first-order chi connectivity index (χ1) is 12.6. The maximum absolute atomic E-state index is 4.59. The molecule has 26 heavy (non-hydrogen) atoms. The Balaban J connectivity index is 1.80. The summed E-state index contributed by atoms with van der Waals surface area (Å²) < 4.78 is 1.12. The maximum Gasteiger partial charge on any atom is 0.133 e. The number of pyridine rings is 1. The number of nitrogens with zero attached hydrogens (tertiary/aromatic N) is 2. The highest BCUT2D eigenvalue weighted by Gasteiger charge is 2.30. The van der Waals surface area contributed by atoms with E-state index in [9.17, 15) is 0 Å². The largest absolute Gasteiger partial charge is 0.322 e. The van der Waals surface area contributed by atoms with Gasteiger partial charge in [0, 0.05) is 16.7 Å². The van der Waals surface area contributed by atoms with Crippen LogP contribution in [0.4, 0.5) is 11.5 Å². The van der Waals surface area contributed by atoms with Crippen LogP contribution in [0.1, 0.15) is 29.2 Å². The van der Waals surface area contributed by atoms with Crippen molar-refractivity contribution in [2.75, 3.05) is 4.90 Å². The molecular weight excluding hydrogens is 384 g/mol. The zero-order valence-corrected chi connectivity index (χ0v) is 16.6. The van der Waals surface area contributed by atoms with Crippen molar-refractivity contribution >= 4 is 39.6 Å². The number of rotatable bonds is 3. The maximum atomic E-state index is 4.59. The summed E-state index contributed by atoms with van der Waals surface area (Å²) in [5.41, 5.74) is 6.33. The lowest BCUT2D eigenvalue weighted by atomic mass is 10.0. The number of aryl methyl sites for hydroxylation is 1. The Bertz CT molecular complexity index is 963. The number of aromatic nitrogens is 1. The van der Waals surface area contributed by atoms with E-state index in [0.29, 0.717) is 6.04 Å². The molecule has 2 aromatic carbocycles. The molecule has 130 valence electrons. The molecule has 1 unspecified atom stereocenters. The molecule has 0 radical (unpaired) electrons. The number of anilines is 2. The summed E-state index contributed by atoms with van der Waals surface area (Å²) in [6.45, 7) is 4.38. The lowest BCUT2D eigenvalue weighted by Crippen LogP contribution is -2.25. The van der Waals surface area contributed by atoms with Crippen LogP contribution in [0.5, 0.6) is 0 Å². The minimum Gasteiger partial charge on any atom is -0.322 e. The van der Waals surface area contributed by atoms with Crippen LogP contribution in [0, 0.1) is 6.92 Å². The lowest BCUT2D eigenvalue weighted by molar-refractivity contribution is 0.750. The van der Waals surface area contributed by atoms with E-state index in [2.05, 4.69) is 94.3 Å². The molecular formula is C23H21BrN2. The predicted molar refractivity (Wildman–Crippen MR) is 114 cm³/mol. The molecule has 0 saturated heterocycles. The zero-order valence-electron chi connectivity index (χ0n) is 15.0. The molecule has 0 N–H and O–H groups in total. The molecule has 3 heteroatoms. The summed E-state index contributed by atoms with van der Waals surface area (Å²) in [7, 11) is 0. The molecule has 4 rings (SSSR count). The molecule has 0 fully saturated rings. The summed E-state index contributed by atoms with van der Waals surface area (Å²) in [5, 5.41) is 0. The number of halogens is 1. The number of hydrogen-bond donors (Lipinski definition) is 0. The molecule has 0 amide bonds. The van der Waals surface area contributed by atoms with E-state index in [0.717, 1.165) is 16.7 Å². The molecule has 0 spiro atoms. The highest BCUT2D eigenvalue weighted by Crippen LogP contribution is 2.42. The van der Waals surface area contributed by atoms with Crippen LogP contribution in [0.15, 0.2) is 65.3 Å². The van der Waals surface area contributed by atoms with Gasteiger partial charge in [0.1, 0.15) is 5.82 Å². The Morgan fingerprint density at radius 2 is 1.96 bits per heavy atom. The van der Waals surface area contributed by atoms with E-state index in [-0.39, 0.29) is 0 Å². The first-order valence-electron chi connectivity index (χ1n) is 8.89. The van der Waals surface area contributed by atoms with Gasteiger partial charge in [-0.3, -0.25) is 0 Å². The molecule has 1 aliphatic heterocycles. The molecule has 0 bridgehead atoms. The Morgan fingerprint density at radius 3 is 2.73 bits per heavy atom. The van der Waals surface area contributed by atoms with Crippen LogP contribution in [-0.2, 0) is 6.42 Å². The van der Waals surface area contributed by atoms with E-state index in [4.69, 9.17) is 0 Å². The van der Waals surface area contributed by atoms with Crippen LogP contribution < -0.4 is 4.90 Å². The first-order valence-corrected chi connectivity index (χ1v) is 9.68. The molecule has 1 aromatic heterocycles. The third kappa shape index (κ3) is 3.32. The van der Waals surface area contributed by atoms with E-state index in [1.807, 2.05) is 18.3 Å². The normalized spacial score (nSPS) is 16.3. The first kappa shape index (κ1) is 17.0. The zero-order chi connectivity index (χ0) is 18.1. The van der Waals surface area contributed by atoms with Crippen molar-refractivity contribution in [3.8, 4) is 0 Å². The molecule has 2 heterocycles. The highest BCUT2D eigenvalue weighted by atomic mass is 79.9. The Hall–Kier alpha value is -2.39. The van der Waals surface area contributed by atoms with Crippen molar-refractivity contribution in [1.29, 1.82) is 0 Å². The third-order valence-corrected chi connectivity index (χ3v) is 5.23. The van der Waals surface area contributed by atoms with Gasteiger partial charge >= 0.3 is 0 Å². The fourth-order valence-corrected chi connectivity index (χ4v) is 4.20. The van der Waals surface area contributed by atoms with E-state index in [1.54, 1.807) is 0 Å². The van der Waals surface area contributed by atoms with Crippen LogP contribution in [-0.4, -0.2) is 11.0 Å². The van der Waals surface area contributed by atoms with Gasteiger partial charge in [0.25, 0.3) is 0 Å². The minimum atomic E-state index is 0.389. The van der Waals surface area contributed by atoms with Crippen LogP contribution in [0.2, 0.25) is 0 Å². The van der Waals surface area contributed by atoms with Gasteiger partial charge in [-0.15, -0.1) is 0 Å². The fraction of sp³-hybridized carbons (Fsp3) is 0.174. The van der Waals surface area contributed by atoms with E-state index in [1.165, 1.54) is 27.9 Å². The number of hydrogen-bond acceptors (Lipinski definition) is 2. The summed E-state index contributed by atoms with van der Waals surface area (Å²) in [5.74, 6) is 1.01. The second-order valence-corrected chi connectivity index (χ2v) is 7.78. The van der Waals surface area contributed by atoms with Crippen LogP contribution >= 0.6 is 15.9 Å². The van der Waals surface area contributed by atoms with Crippen molar-refractivity contribution < 1.29 is 0 Å². The minimum absolute atomic E-state index is 0.389. The summed E-state index contributed by atoms with van der Waals surface area (Å²) in [6, 6.07) is 19.5. The van der Waals surface area contributed by atoms with E-state index >= 15 is 0 Å². The van der Waals surface area contributed by atoms with Crippen LogP contribution in [0.3, 0.4) is 0 Å². The van der Waals surface area contributed by atoms with Crippen molar-refractivity contribution in [3.63, 3.8) is 0 Å². The van der Waals surface area contributed by atoms with Gasteiger partial charge in [-0.1, -0.05) is 64.0 Å². The van der Waals surface area contributed by atoms with Gasteiger partial charge < -0.3 is 4.90 Å². The molecule has 3 aromatic rings. The Kier molecular flexibility index (Phi) is 4.64. The Morgan fingerprint density at radius 1 is 1.08 bits per heavy atom. The SMILES string of the molecule is Cc1cccc(/C=C/c2cc(Br)cc3c2N(c2ccccn2)C(C)C3)c1. The van der Waals surface area contributed by atoms with Gasteiger partial charge in [0.15, 0.2) is 0 Å². The van der Waals surface area contributed by atoms with Gasteiger partial charge in [-0.05, 0) is 61.2 Å². The monoisotopic (exact) mass is 404 g/mol. The topological polar surface area (TPSA) is 16.1 Å². The number of fused-ring (bicyclic) bond motifs is 1. The Labute approximate surface area is 163 Å². The molecule has 1 atom stereocenters. The lowest BCUT2D eigenvalue weighted by Gasteiger charge is -2.25. The van der Waals surface area contributed by atoms with Crippen molar-refractivity contribution in [3.05, 3.63) is 87.5 Å². The molecule has 0 aliphatic carbocycles. The number of benzene rings is 2. The third-order valence-electron chi connectivity index (χ3n) is 4.77. The summed E-state index contributed by atoms with van der Waals surface area (Å²) >= 11 is 3.68. The predicted octanol–water partition coefficient (Wildman–Crippen LogP) is 6.41. The van der Waals surface area contributed by atoms with E-state index < -0.39 is 0 Å². The standard InChI is InChI=1S/C23H21BrN2/c1-16-6-5-7-18(12-16)9-10-19-14-21(24)15-20-13-17(2)26(23(19)20)22-8-3-4-11-25-22/h3-12,14-15,17H,13H2,1-2H3/b10-9+.